The zero-order chi connectivity index (χ0) is 14.0. The van der Waals surface area contributed by atoms with Crippen molar-refractivity contribution in [3.8, 4) is 0 Å². The Morgan fingerprint density at radius 3 is 2.58 bits per heavy atom. The summed E-state index contributed by atoms with van der Waals surface area (Å²) < 4.78 is 6.42. The highest BCUT2D eigenvalue weighted by Gasteiger charge is 2.29. The maximum absolute atomic E-state index is 12.3. The van der Waals surface area contributed by atoms with Gasteiger partial charge in [0, 0.05) is 10.2 Å². The minimum absolute atomic E-state index is 0.0703. The monoisotopic (exact) mass is 326 g/mol. The fraction of sp³-hybridized carbons (Fsp3) is 0.500. The summed E-state index contributed by atoms with van der Waals surface area (Å²) in [6.07, 6.45) is 0. The molecule has 4 nitrogen and oxygen atoms in total. The molecule has 0 radical (unpaired) electrons. The highest BCUT2D eigenvalue weighted by Crippen LogP contribution is 2.22. The van der Waals surface area contributed by atoms with E-state index in [0.29, 0.717) is 13.2 Å². The average Bonchev–Trinajstić information content (AvgIpc) is 2.33. The normalized spacial score (nSPS) is 23.3. The van der Waals surface area contributed by atoms with E-state index in [1.165, 1.54) is 0 Å². The number of morpholine rings is 1. The van der Waals surface area contributed by atoms with Crippen molar-refractivity contribution in [2.24, 2.45) is 0 Å². The van der Waals surface area contributed by atoms with Crippen molar-refractivity contribution in [3.63, 3.8) is 0 Å². The lowest BCUT2D eigenvalue weighted by molar-refractivity contribution is -0.0111. The largest absolute Gasteiger partial charge is 0.377 e. The second-order valence-electron chi connectivity index (χ2n) is 5.04. The second-order valence-corrected chi connectivity index (χ2v) is 5.89. The van der Waals surface area contributed by atoms with Crippen LogP contribution in [0, 0.1) is 6.92 Å². The molecular formula is C14H19BrN2O2. The molecule has 19 heavy (non-hydrogen) atoms. The minimum atomic E-state index is -0.0703. The van der Waals surface area contributed by atoms with Crippen molar-refractivity contribution in [3.05, 3.63) is 28.2 Å². The molecule has 1 saturated heterocycles. The number of rotatable bonds is 1. The number of benzene rings is 1. The summed E-state index contributed by atoms with van der Waals surface area (Å²) >= 11 is 3.47. The Labute approximate surface area is 122 Å². The maximum Gasteiger partial charge on any atom is 0.322 e. The molecule has 1 fully saturated rings. The number of nitrogens with one attached hydrogen (secondary N) is 1. The van der Waals surface area contributed by atoms with E-state index in [2.05, 4.69) is 21.2 Å². The highest BCUT2D eigenvalue weighted by atomic mass is 79.9. The molecule has 104 valence electrons. The molecule has 1 aliphatic rings. The van der Waals surface area contributed by atoms with Crippen LogP contribution in [0.3, 0.4) is 0 Å². The summed E-state index contributed by atoms with van der Waals surface area (Å²) in [5.41, 5.74) is 1.94. The molecule has 5 heteroatoms. The van der Waals surface area contributed by atoms with Gasteiger partial charge < -0.3 is 15.0 Å². The van der Waals surface area contributed by atoms with Gasteiger partial charge in [0.25, 0.3) is 0 Å². The number of amides is 2. The lowest BCUT2D eigenvalue weighted by atomic mass is 10.2. The van der Waals surface area contributed by atoms with E-state index < -0.39 is 0 Å². The molecule has 0 aliphatic carbocycles. The van der Waals surface area contributed by atoms with Gasteiger partial charge in [-0.25, -0.2) is 4.79 Å². The Morgan fingerprint density at radius 1 is 1.37 bits per heavy atom. The van der Waals surface area contributed by atoms with Crippen molar-refractivity contribution >= 4 is 27.6 Å². The zero-order valence-electron chi connectivity index (χ0n) is 11.4. The van der Waals surface area contributed by atoms with Crippen LogP contribution in [0.4, 0.5) is 10.5 Å². The summed E-state index contributed by atoms with van der Waals surface area (Å²) in [5, 5.41) is 2.94. The lowest BCUT2D eigenvalue weighted by Gasteiger charge is -2.38. The number of anilines is 1. The molecule has 0 saturated carbocycles. The third kappa shape index (κ3) is 3.28. The van der Waals surface area contributed by atoms with Crippen molar-refractivity contribution < 1.29 is 9.53 Å². The number of carbonyl (C=O) groups is 1. The number of ether oxygens (including phenoxy) is 1. The number of nitrogens with zero attached hydrogens (tertiary/aromatic N) is 1. The molecule has 1 aromatic rings. The zero-order valence-corrected chi connectivity index (χ0v) is 13.0. The summed E-state index contributed by atoms with van der Waals surface area (Å²) in [7, 11) is 0. The molecular weight excluding hydrogens is 308 g/mol. The van der Waals surface area contributed by atoms with Gasteiger partial charge in [-0.2, -0.15) is 0 Å². The molecule has 1 heterocycles. The molecule has 0 spiro atoms. The summed E-state index contributed by atoms with van der Waals surface area (Å²) in [6.45, 7) is 7.20. The second kappa shape index (κ2) is 5.92. The van der Waals surface area contributed by atoms with Gasteiger partial charge in [0.15, 0.2) is 0 Å². The molecule has 0 bridgehead atoms. The van der Waals surface area contributed by atoms with Crippen LogP contribution >= 0.6 is 15.9 Å². The van der Waals surface area contributed by atoms with Crippen molar-refractivity contribution in [2.75, 3.05) is 18.5 Å². The first-order valence-corrected chi connectivity index (χ1v) is 7.21. The van der Waals surface area contributed by atoms with E-state index in [0.717, 1.165) is 15.7 Å². The first-order valence-electron chi connectivity index (χ1n) is 6.42. The topological polar surface area (TPSA) is 41.6 Å². The fourth-order valence-corrected chi connectivity index (χ4v) is 2.64. The predicted octanol–water partition coefficient (Wildman–Crippen LogP) is 3.40. The van der Waals surface area contributed by atoms with Crippen LogP contribution in [0.5, 0.6) is 0 Å². The maximum atomic E-state index is 12.3. The number of urea groups is 1. The quantitative estimate of drug-likeness (QED) is 0.859. The number of halogens is 1. The first kappa shape index (κ1) is 14.3. The standard InChI is InChI=1S/C14H19BrN2O2/c1-9-4-5-12(6-13(9)15)16-14(18)17-10(2)7-19-8-11(17)3/h4-6,10-11H,7-8H2,1-3H3,(H,16,18). The van der Waals surface area contributed by atoms with Crippen molar-refractivity contribution in [1.29, 1.82) is 0 Å². The van der Waals surface area contributed by atoms with E-state index in [4.69, 9.17) is 4.74 Å². The first-order chi connectivity index (χ1) is 8.99. The number of aryl methyl sites for hydroxylation is 1. The predicted molar refractivity (Wildman–Crippen MR) is 79.5 cm³/mol. The van der Waals surface area contributed by atoms with E-state index >= 15 is 0 Å². The van der Waals surface area contributed by atoms with Crippen LogP contribution in [0.15, 0.2) is 22.7 Å². The molecule has 2 unspecified atom stereocenters. The molecule has 0 aromatic heterocycles. The Morgan fingerprint density at radius 2 is 2.00 bits per heavy atom. The van der Waals surface area contributed by atoms with Gasteiger partial charge in [-0.05, 0) is 38.5 Å². The molecule has 2 rings (SSSR count). The van der Waals surface area contributed by atoms with Gasteiger partial charge in [0.1, 0.15) is 0 Å². The highest BCUT2D eigenvalue weighted by molar-refractivity contribution is 9.10. The van der Waals surface area contributed by atoms with Crippen LogP contribution in [0.2, 0.25) is 0 Å². The van der Waals surface area contributed by atoms with Gasteiger partial charge in [0.05, 0.1) is 25.3 Å². The Hall–Kier alpha value is -1.07. The van der Waals surface area contributed by atoms with Crippen LogP contribution < -0.4 is 5.32 Å². The van der Waals surface area contributed by atoms with Gasteiger partial charge in [-0.15, -0.1) is 0 Å². The molecule has 2 amide bonds. The summed E-state index contributed by atoms with van der Waals surface area (Å²) in [5.74, 6) is 0. The smallest absolute Gasteiger partial charge is 0.322 e. The Bertz CT molecular complexity index is 469. The molecule has 2 atom stereocenters. The van der Waals surface area contributed by atoms with Crippen molar-refractivity contribution in [1.82, 2.24) is 4.90 Å². The van der Waals surface area contributed by atoms with Crippen LogP contribution in [-0.4, -0.2) is 36.2 Å². The van der Waals surface area contributed by atoms with E-state index in [-0.39, 0.29) is 18.1 Å². The van der Waals surface area contributed by atoms with Crippen LogP contribution in [-0.2, 0) is 4.74 Å². The molecule has 1 aliphatic heterocycles. The van der Waals surface area contributed by atoms with Crippen molar-refractivity contribution in [2.45, 2.75) is 32.9 Å². The molecule has 1 aromatic carbocycles. The average molecular weight is 327 g/mol. The van der Waals surface area contributed by atoms with Gasteiger partial charge in [-0.3, -0.25) is 0 Å². The SMILES string of the molecule is Cc1ccc(NC(=O)N2C(C)COCC2C)cc1Br. The Balaban J connectivity index is 2.09. The van der Waals surface area contributed by atoms with E-state index in [1.54, 1.807) is 0 Å². The third-order valence-corrected chi connectivity index (χ3v) is 4.18. The van der Waals surface area contributed by atoms with Gasteiger partial charge in [0.2, 0.25) is 0 Å². The summed E-state index contributed by atoms with van der Waals surface area (Å²) in [4.78, 5) is 14.2. The molecule has 1 N–H and O–H groups in total. The number of hydrogen-bond acceptors (Lipinski definition) is 2. The lowest BCUT2D eigenvalue weighted by Crippen LogP contribution is -2.53. The number of hydrogen-bond donors (Lipinski definition) is 1. The number of carbonyl (C=O) groups excluding carboxylic acids is 1. The fourth-order valence-electron chi connectivity index (χ4n) is 2.26. The minimum Gasteiger partial charge on any atom is -0.377 e. The van der Waals surface area contributed by atoms with Crippen LogP contribution in [0.1, 0.15) is 19.4 Å². The van der Waals surface area contributed by atoms with Gasteiger partial charge >= 0.3 is 6.03 Å². The van der Waals surface area contributed by atoms with E-state index in [9.17, 15) is 4.79 Å². The third-order valence-electron chi connectivity index (χ3n) is 3.33. The summed E-state index contributed by atoms with van der Waals surface area (Å²) in [6, 6.07) is 5.93. The van der Waals surface area contributed by atoms with Gasteiger partial charge in [-0.1, -0.05) is 22.0 Å². The van der Waals surface area contributed by atoms with Crippen LogP contribution in [0.25, 0.3) is 0 Å². The van der Waals surface area contributed by atoms with E-state index in [1.807, 2.05) is 43.9 Å². The Kier molecular flexibility index (Phi) is 4.47.